The summed E-state index contributed by atoms with van der Waals surface area (Å²) in [6.07, 6.45) is 1.41. The molecule has 144 valence electrons. The molecular weight excluding hydrogens is 368 g/mol. The van der Waals surface area contributed by atoms with Crippen LogP contribution >= 0.6 is 0 Å². The first-order chi connectivity index (χ1) is 13.3. The molecule has 3 N–H and O–H groups in total. The Balaban J connectivity index is 1.68. The van der Waals surface area contributed by atoms with Gasteiger partial charge in [0.15, 0.2) is 0 Å². The van der Waals surface area contributed by atoms with Crippen molar-refractivity contribution in [2.45, 2.75) is 13.3 Å². The average molecular weight is 385 g/mol. The predicted molar refractivity (Wildman–Crippen MR) is 98.2 cm³/mol. The largest absolute Gasteiger partial charge is 0.366 e. The number of nitrogens with one attached hydrogen (secondary N) is 1. The molecule has 1 heterocycles. The molecule has 2 aromatic carbocycles. The molecule has 0 fully saturated rings. The van der Waals surface area contributed by atoms with E-state index in [2.05, 4.69) is 5.32 Å². The number of imide groups is 1. The Kier molecular flexibility index (Phi) is 5.21. The van der Waals surface area contributed by atoms with Crippen molar-refractivity contribution in [1.29, 1.82) is 0 Å². The zero-order valence-corrected chi connectivity index (χ0v) is 15.0. The summed E-state index contributed by atoms with van der Waals surface area (Å²) in [6.45, 7) is 1.38. The van der Waals surface area contributed by atoms with E-state index < -0.39 is 29.4 Å². The van der Waals surface area contributed by atoms with E-state index in [-0.39, 0.29) is 23.5 Å². The molecular formula is C20H17F2N3O3. The Morgan fingerprint density at radius 1 is 1.14 bits per heavy atom. The lowest BCUT2D eigenvalue weighted by molar-refractivity contribution is -0.137. The van der Waals surface area contributed by atoms with Crippen LogP contribution in [0, 0.1) is 18.6 Å². The number of rotatable bonds is 6. The lowest BCUT2D eigenvalue weighted by Crippen LogP contribution is -2.34. The van der Waals surface area contributed by atoms with E-state index in [4.69, 9.17) is 5.73 Å². The highest BCUT2D eigenvalue weighted by Gasteiger charge is 2.31. The van der Waals surface area contributed by atoms with Gasteiger partial charge in [-0.1, -0.05) is 12.1 Å². The summed E-state index contributed by atoms with van der Waals surface area (Å²) in [6, 6.07) is 8.68. The number of nitrogens with zero attached hydrogens (tertiary/aromatic N) is 1. The standard InChI is InChI=1S/C20H17F2N3O3/c1-11-15(21)8-14(9-16(11)22)24-17-10-18(26)25(20(17)28)6-5-12-3-2-4-13(7-12)19(23)27/h2-4,7-10,24H,5-6H2,1H3,(H2,23,27). The van der Waals surface area contributed by atoms with Crippen LogP contribution in [0.5, 0.6) is 0 Å². The summed E-state index contributed by atoms with van der Waals surface area (Å²) in [7, 11) is 0. The molecule has 0 saturated heterocycles. The summed E-state index contributed by atoms with van der Waals surface area (Å²) in [5.41, 5.74) is 6.14. The molecule has 2 aromatic rings. The molecule has 0 saturated carbocycles. The van der Waals surface area contributed by atoms with Crippen molar-refractivity contribution < 1.29 is 23.2 Å². The molecule has 0 aliphatic carbocycles. The topological polar surface area (TPSA) is 92.5 Å². The predicted octanol–water partition coefficient (Wildman–Crippen LogP) is 2.28. The molecule has 1 aliphatic rings. The van der Waals surface area contributed by atoms with Crippen LogP contribution < -0.4 is 11.1 Å². The Labute approximate surface area is 159 Å². The summed E-state index contributed by atoms with van der Waals surface area (Å²) in [5.74, 6) is -3.22. The lowest BCUT2D eigenvalue weighted by atomic mass is 10.1. The fourth-order valence-electron chi connectivity index (χ4n) is 2.80. The van der Waals surface area contributed by atoms with Crippen LogP contribution in [-0.2, 0) is 16.0 Å². The van der Waals surface area contributed by atoms with Gasteiger partial charge in [-0.3, -0.25) is 19.3 Å². The minimum absolute atomic E-state index is 0.0315. The molecule has 0 atom stereocenters. The molecule has 8 heteroatoms. The second kappa shape index (κ2) is 7.59. The highest BCUT2D eigenvalue weighted by molar-refractivity contribution is 6.17. The molecule has 0 unspecified atom stereocenters. The number of nitrogens with two attached hydrogens (primary N) is 1. The number of hydrogen-bond acceptors (Lipinski definition) is 4. The van der Waals surface area contributed by atoms with Crippen molar-refractivity contribution in [3.8, 4) is 0 Å². The van der Waals surface area contributed by atoms with Gasteiger partial charge in [-0.2, -0.15) is 0 Å². The first kappa shape index (κ1) is 19.2. The molecule has 0 aromatic heterocycles. The number of halogens is 2. The molecule has 0 bridgehead atoms. The van der Waals surface area contributed by atoms with Crippen LogP contribution in [-0.4, -0.2) is 29.2 Å². The van der Waals surface area contributed by atoms with Crippen LogP contribution in [0.3, 0.4) is 0 Å². The second-order valence-electron chi connectivity index (χ2n) is 6.36. The quantitative estimate of drug-likeness (QED) is 0.746. The zero-order chi connectivity index (χ0) is 20.4. The molecule has 1 aliphatic heterocycles. The van der Waals surface area contributed by atoms with E-state index in [9.17, 15) is 23.2 Å². The third kappa shape index (κ3) is 3.90. The molecule has 3 rings (SSSR count). The molecule has 0 spiro atoms. The van der Waals surface area contributed by atoms with Gasteiger partial charge in [0, 0.05) is 29.4 Å². The SMILES string of the molecule is Cc1c(F)cc(NC2=CC(=O)N(CCc3cccc(C(N)=O)c3)C2=O)cc1F. The van der Waals surface area contributed by atoms with Gasteiger partial charge in [0.25, 0.3) is 11.8 Å². The number of benzene rings is 2. The average Bonchev–Trinajstić information content (AvgIpc) is 2.91. The van der Waals surface area contributed by atoms with Gasteiger partial charge < -0.3 is 11.1 Å². The number of primary amides is 1. The van der Waals surface area contributed by atoms with Gasteiger partial charge in [0.05, 0.1) is 0 Å². The highest BCUT2D eigenvalue weighted by Crippen LogP contribution is 2.22. The van der Waals surface area contributed by atoms with Crippen LogP contribution in [0.1, 0.15) is 21.5 Å². The van der Waals surface area contributed by atoms with E-state index in [0.717, 1.165) is 28.7 Å². The van der Waals surface area contributed by atoms with Gasteiger partial charge in [-0.25, -0.2) is 8.78 Å². The second-order valence-corrected chi connectivity index (χ2v) is 6.36. The van der Waals surface area contributed by atoms with Gasteiger partial charge in [-0.15, -0.1) is 0 Å². The summed E-state index contributed by atoms with van der Waals surface area (Å²) in [4.78, 5) is 36.9. The summed E-state index contributed by atoms with van der Waals surface area (Å²) in [5, 5.41) is 2.59. The van der Waals surface area contributed by atoms with Crippen LogP contribution in [0.2, 0.25) is 0 Å². The minimum atomic E-state index is -0.758. The number of anilines is 1. The van der Waals surface area contributed by atoms with E-state index >= 15 is 0 Å². The van der Waals surface area contributed by atoms with Gasteiger partial charge in [-0.05, 0) is 43.2 Å². The molecule has 3 amide bonds. The van der Waals surface area contributed by atoms with E-state index in [1.165, 1.54) is 6.92 Å². The maximum absolute atomic E-state index is 13.7. The Morgan fingerprint density at radius 2 is 1.82 bits per heavy atom. The minimum Gasteiger partial charge on any atom is -0.366 e. The van der Waals surface area contributed by atoms with Gasteiger partial charge >= 0.3 is 0 Å². The Hall–Kier alpha value is -3.55. The van der Waals surface area contributed by atoms with Crippen LogP contribution in [0.25, 0.3) is 0 Å². The third-order valence-electron chi connectivity index (χ3n) is 4.40. The van der Waals surface area contributed by atoms with Crippen molar-refractivity contribution in [1.82, 2.24) is 4.90 Å². The zero-order valence-electron chi connectivity index (χ0n) is 15.0. The van der Waals surface area contributed by atoms with Crippen molar-refractivity contribution in [2.75, 3.05) is 11.9 Å². The van der Waals surface area contributed by atoms with E-state index in [0.29, 0.717) is 12.0 Å². The summed E-state index contributed by atoms with van der Waals surface area (Å²) < 4.78 is 27.3. The smallest absolute Gasteiger partial charge is 0.277 e. The van der Waals surface area contributed by atoms with E-state index in [1.54, 1.807) is 24.3 Å². The lowest BCUT2D eigenvalue weighted by Gasteiger charge is -2.15. The monoisotopic (exact) mass is 385 g/mol. The Bertz CT molecular complexity index is 995. The fraction of sp³-hybridized carbons (Fsp3) is 0.150. The molecule has 6 nitrogen and oxygen atoms in total. The maximum atomic E-state index is 13.7. The number of carbonyl (C=O) groups excluding carboxylic acids is 3. The van der Waals surface area contributed by atoms with Crippen molar-refractivity contribution in [3.63, 3.8) is 0 Å². The van der Waals surface area contributed by atoms with Crippen LogP contribution in [0.4, 0.5) is 14.5 Å². The molecule has 28 heavy (non-hydrogen) atoms. The molecule has 0 radical (unpaired) electrons. The Morgan fingerprint density at radius 3 is 2.46 bits per heavy atom. The van der Waals surface area contributed by atoms with Gasteiger partial charge in [0.1, 0.15) is 17.3 Å². The maximum Gasteiger partial charge on any atom is 0.277 e. The first-order valence-electron chi connectivity index (χ1n) is 8.45. The van der Waals surface area contributed by atoms with Crippen molar-refractivity contribution in [3.05, 3.63) is 76.5 Å². The van der Waals surface area contributed by atoms with Crippen LogP contribution in [0.15, 0.2) is 48.2 Å². The van der Waals surface area contributed by atoms with Crippen molar-refractivity contribution >= 4 is 23.4 Å². The summed E-state index contributed by atoms with van der Waals surface area (Å²) >= 11 is 0. The van der Waals surface area contributed by atoms with Crippen molar-refractivity contribution in [2.24, 2.45) is 5.73 Å². The van der Waals surface area contributed by atoms with Gasteiger partial charge in [0.2, 0.25) is 5.91 Å². The first-order valence-corrected chi connectivity index (χ1v) is 8.45. The fourth-order valence-corrected chi connectivity index (χ4v) is 2.80. The number of amides is 3. The third-order valence-corrected chi connectivity index (χ3v) is 4.40. The van der Waals surface area contributed by atoms with E-state index in [1.807, 2.05) is 0 Å². The highest BCUT2D eigenvalue weighted by atomic mass is 19.1. The number of carbonyl (C=O) groups is 3. The number of hydrogen-bond donors (Lipinski definition) is 2. The normalized spacial score (nSPS) is 13.7.